The summed E-state index contributed by atoms with van der Waals surface area (Å²) in [7, 11) is 3.09. The second kappa shape index (κ2) is 10.8. The summed E-state index contributed by atoms with van der Waals surface area (Å²) in [6, 6.07) is 11.1. The van der Waals surface area contributed by atoms with Gasteiger partial charge in [0.25, 0.3) is 0 Å². The molecule has 0 aliphatic rings. The number of para-hydroxylation sites is 2. The highest BCUT2D eigenvalue weighted by molar-refractivity contribution is 14.0. The van der Waals surface area contributed by atoms with E-state index in [1.807, 2.05) is 12.1 Å². The Balaban J connectivity index is 0.00000392. The number of rotatable bonds is 7. The van der Waals surface area contributed by atoms with Gasteiger partial charge in [-0.1, -0.05) is 18.2 Å². The van der Waals surface area contributed by atoms with Crippen molar-refractivity contribution in [2.45, 2.75) is 12.8 Å². The number of nitrogens with two attached hydrogens (primary N) is 1. The number of aliphatic imine (C=N–C) groups is 1. The van der Waals surface area contributed by atoms with Crippen molar-refractivity contribution in [1.29, 1.82) is 0 Å². The van der Waals surface area contributed by atoms with Gasteiger partial charge in [-0.3, -0.25) is 4.99 Å². The molecular formula is C18H21F3IN3O3. The fourth-order valence-corrected chi connectivity index (χ4v) is 2.30. The summed E-state index contributed by atoms with van der Waals surface area (Å²) in [6.45, 7) is 0.330. The second-order valence-corrected chi connectivity index (χ2v) is 5.38. The molecule has 0 fully saturated rings. The van der Waals surface area contributed by atoms with Crippen LogP contribution in [0.25, 0.3) is 0 Å². The smallest absolute Gasteiger partial charge is 0.493 e. The molecule has 2 aromatic rings. The second-order valence-electron chi connectivity index (χ2n) is 5.38. The maximum absolute atomic E-state index is 12.4. The normalized spacial score (nSPS) is 11.4. The Labute approximate surface area is 177 Å². The molecule has 10 heteroatoms. The number of halogens is 4. The molecule has 154 valence electrons. The third kappa shape index (κ3) is 7.33. The van der Waals surface area contributed by atoms with Gasteiger partial charge in [0.2, 0.25) is 0 Å². The average Bonchev–Trinajstić information content (AvgIpc) is 2.62. The molecule has 0 radical (unpaired) electrons. The van der Waals surface area contributed by atoms with Crippen molar-refractivity contribution in [1.82, 2.24) is 0 Å². The number of guanidine groups is 1. The minimum Gasteiger partial charge on any atom is -0.493 e. The van der Waals surface area contributed by atoms with Crippen molar-refractivity contribution in [2.24, 2.45) is 10.7 Å². The number of hydrogen-bond donors (Lipinski definition) is 2. The number of hydrogen-bond acceptors (Lipinski definition) is 4. The Morgan fingerprint density at radius 1 is 1.04 bits per heavy atom. The van der Waals surface area contributed by atoms with Gasteiger partial charge < -0.3 is 25.3 Å². The highest BCUT2D eigenvalue weighted by atomic mass is 127. The van der Waals surface area contributed by atoms with E-state index in [0.29, 0.717) is 24.5 Å². The van der Waals surface area contributed by atoms with Crippen molar-refractivity contribution in [3.8, 4) is 17.2 Å². The van der Waals surface area contributed by atoms with Gasteiger partial charge in [-0.25, -0.2) is 0 Å². The molecule has 0 aliphatic carbocycles. The Morgan fingerprint density at radius 2 is 1.71 bits per heavy atom. The first-order valence-corrected chi connectivity index (χ1v) is 7.95. The van der Waals surface area contributed by atoms with Crippen LogP contribution in [0.15, 0.2) is 47.5 Å². The van der Waals surface area contributed by atoms with Crippen LogP contribution in [-0.2, 0) is 6.42 Å². The third-order valence-corrected chi connectivity index (χ3v) is 3.51. The van der Waals surface area contributed by atoms with Crippen molar-refractivity contribution in [3.63, 3.8) is 0 Å². The summed E-state index contributed by atoms with van der Waals surface area (Å²) >= 11 is 0. The van der Waals surface area contributed by atoms with Crippen LogP contribution in [0.5, 0.6) is 17.2 Å². The fraction of sp³-hybridized carbons (Fsp3) is 0.278. The summed E-state index contributed by atoms with van der Waals surface area (Å²) in [5.41, 5.74) is 6.78. The summed E-state index contributed by atoms with van der Waals surface area (Å²) in [5, 5.41) is 2.62. The van der Waals surface area contributed by atoms with Gasteiger partial charge in [0.1, 0.15) is 0 Å². The van der Waals surface area contributed by atoms with Gasteiger partial charge in [0.05, 0.1) is 19.9 Å². The number of nitrogens with zero attached hydrogens (tertiary/aromatic N) is 1. The number of nitrogens with one attached hydrogen (secondary N) is 1. The molecule has 2 aromatic carbocycles. The molecule has 0 unspecified atom stereocenters. The molecule has 28 heavy (non-hydrogen) atoms. The molecule has 0 bridgehead atoms. The van der Waals surface area contributed by atoms with Crippen LogP contribution in [0, 0.1) is 0 Å². The molecule has 0 atom stereocenters. The van der Waals surface area contributed by atoms with E-state index in [0.717, 1.165) is 5.56 Å². The highest BCUT2D eigenvalue weighted by Crippen LogP contribution is 2.30. The first-order chi connectivity index (χ1) is 12.8. The number of anilines is 1. The monoisotopic (exact) mass is 511 g/mol. The van der Waals surface area contributed by atoms with Crippen molar-refractivity contribution in [2.75, 3.05) is 26.1 Å². The average molecular weight is 511 g/mol. The van der Waals surface area contributed by atoms with Crippen LogP contribution < -0.4 is 25.3 Å². The Kier molecular flexibility index (Phi) is 9.16. The molecule has 3 N–H and O–H groups in total. The number of methoxy groups -OCH3 is 2. The quantitative estimate of drug-likeness (QED) is 0.331. The first-order valence-electron chi connectivity index (χ1n) is 7.95. The van der Waals surface area contributed by atoms with Gasteiger partial charge in [-0.2, -0.15) is 0 Å². The molecule has 0 aliphatic heterocycles. The lowest BCUT2D eigenvalue weighted by Gasteiger charge is -2.14. The van der Waals surface area contributed by atoms with E-state index in [2.05, 4.69) is 15.0 Å². The molecule has 0 spiro atoms. The van der Waals surface area contributed by atoms with E-state index in [9.17, 15) is 13.2 Å². The standard InChI is InChI=1S/C18H20F3N3O3.HI/c1-25-15-8-7-12(11-16(15)26-2)9-10-23-17(22)24-13-5-3-4-6-14(13)27-18(19,20)21;/h3-8,11H,9-10H2,1-2H3,(H3,22,23,24);1H. The lowest BCUT2D eigenvalue weighted by atomic mass is 10.1. The zero-order valence-corrected chi connectivity index (χ0v) is 17.6. The zero-order valence-electron chi connectivity index (χ0n) is 15.2. The van der Waals surface area contributed by atoms with E-state index < -0.39 is 6.36 Å². The van der Waals surface area contributed by atoms with Crippen molar-refractivity contribution < 1.29 is 27.4 Å². The Bertz CT molecular complexity index is 801. The topological polar surface area (TPSA) is 78.1 Å². The van der Waals surface area contributed by atoms with Crippen LogP contribution in [0.4, 0.5) is 18.9 Å². The summed E-state index contributed by atoms with van der Waals surface area (Å²) in [6.07, 6.45) is -4.24. The van der Waals surface area contributed by atoms with Crippen LogP contribution in [0.2, 0.25) is 0 Å². The van der Waals surface area contributed by atoms with Crippen LogP contribution >= 0.6 is 24.0 Å². The van der Waals surface area contributed by atoms with Crippen LogP contribution in [0.1, 0.15) is 5.56 Å². The van der Waals surface area contributed by atoms with Gasteiger partial charge in [0, 0.05) is 6.54 Å². The van der Waals surface area contributed by atoms with Gasteiger partial charge in [-0.15, -0.1) is 37.1 Å². The molecule has 0 saturated carbocycles. The number of ether oxygens (including phenoxy) is 3. The molecule has 0 amide bonds. The predicted octanol–water partition coefficient (Wildman–Crippen LogP) is 4.19. The number of benzene rings is 2. The lowest BCUT2D eigenvalue weighted by molar-refractivity contribution is -0.274. The molecule has 0 aromatic heterocycles. The van der Waals surface area contributed by atoms with E-state index in [1.54, 1.807) is 26.4 Å². The molecule has 0 heterocycles. The first kappa shape index (κ1) is 23.7. The molecular weight excluding hydrogens is 490 g/mol. The predicted molar refractivity (Wildman–Crippen MR) is 112 cm³/mol. The SMILES string of the molecule is COc1ccc(CCN=C(N)Nc2ccccc2OC(F)(F)F)cc1OC.I. The van der Waals surface area contributed by atoms with E-state index in [4.69, 9.17) is 15.2 Å². The van der Waals surface area contributed by atoms with Crippen molar-refractivity contribution in [3.05, 3.63) is 48.0 Å². The van der Waals surface area contributed by atoms with E-state index in [1.165, 1.54) is 18.2 Å². The third-order valence-electron chi connectivity index (χ3n) is 3.51. The maximum Gasteiger partial charge on any atom is 0.573 e. The molecule has 6 nitrogen and oxygen atoms in total. The lowest BCUT2D eigenvalue weighted by Crippen LogP contribution is -2.24. The van der Waals surface area contributed by atoms with Crippen molar-refractivity contribution >= 4 is 35.6 Å². The zero-order chi connectivity index (χ0) is 19.9. The summed E-state index contributed by atoms with van der Waals surface area (Å²) < 4.78 is 51.7. The van der Waals surface area contributed by atoms with Crippen LogP contribution in [0.3, 0.4) is 0 Å². The summed E-state index contributed by atoms with van der Waals surface area (Å²) in [5.74, 6) is 0.812. The maximum atomic E-state index is 12.4. The Morgan fingerprint density at radius 3 is 2.36 bits per heavy atom. The minimum absolute atomic E-state index is 0. The summed E-state index contributed by atoms with van der Waals surface area (Å²) in [4.78, 5) is 4.12. The largest absolute Gasteiger partial charge is 0.573 e. The van der Waals surface area contributed by atoms with E-state index in [-0.39, 0.29) is 41.4 Å². The number of alkyl halides is 3. The highest BCUT2D eigenvalue weighted by Gasteiger charge is 2.32. The van der Waals surface area contributed by atoms with Gasteiger partial charge in [-0.05, 0) is 36.2 Å². The van der Waals surface area contributed by atoms with E-state index >= 15 is 0 Å². The molecule has 0 saturated heterocycles. The minimum atomic E-state index is -4.79. The van der Waals surface area contributed by atoms with Gasteiger partial charge >= 0.3 is 6.36 Å². The van der Waals surface area contributed by atoms with Gasteiger partial charge in [0.15, 0.2) is 23.2 Å². The molecule has 2 rings (SSSR count). The Hall–Kier alpha value is -2.37. The fourth-order valence-electron chi connectivity index (χ4n) is 2.30. The van der Waals surface area contributed by atoms with Crippen LogP contribution in [-0.4, -0.2) is 33.1 Å².